The lowest BCUT2D eigenvalue weighted by atomic mass is 10.2. The quantitative estimate of drug-likeness (QED) is 0.591. The number of unbranched alkanes of at least 4 members (excludes halogenated alkanes) is 1. The van der Waals surface area contributed by atoms with Gasteiger partial charge in [0, 0.05) is 11.8 Å². The van der Waals surface area contributed by atoms with Crippen LogP contribution in [-0.2, 0) is 11.0 Å². The predicted molar refractivity (Wildman–Crippen MR) is 72.7 cm³/mol. The normalized spacial score (nSPS) is 11.4. The lowest BCUT2D eigenvalue weighted by Gasteiger charge is -2.11. The summed E-state index contributed by atoms with van der Waals surface area (Å²) in [5.74, 6) is -0.261. The summed E-state index contributed by atoms with van der Waals surface area (Å²) in [7, 11) is 0. The van der Waals surface area contributed by atoms with Crippen molar-refractivity contribution in [1.82, 2.24) is 0 Å². The fraction of sp³-hybridized carbons (Fsp3) is 0.417. The highest BCUT2D eigenvalue weighted by atomic mass is 79.9. The van der Waals surface area contributed by atoms with Crippen molar-refractivity contribution >= 4 is 39.1 Å². The predicted octanol–water partition coefficient (Wildman–Crippen LogP) is 4.86. The van der Waals surface area contributed by atoms with Crippen molar-refractivity contribution in [3.05, 3.63) is 28.8 Å². The molecule has 106 valence electrons. The van der Waals surface area contributed by atoms with Gasteiger partial charge in [0.05, 0.1) is 16.3 Å². The molecule has 1 aromatic carbocycles. The first-order chi connectivity index (χ1) is 8.84. The molecule has 0 bridgehead atoms. The Morgan fingerprint density at radius 2 is 2.00 bits per heavy atom. The SMILES string of the molecule is O=C(CCCCBr)Nc1ccc(C(F)(F)F)cc1Cl. The van der Waals surface area contributed by atoms with E-state index in [0.717, 1.165) is 30.0 Å². The Hall–Kier alpha value is -0.750. The van der Waals surface area contributed by atoms with Gasteiger partial charge in [0.2, 0.25) is 5.91 Å². The molecule has 0 saturated heterocycles. The lowest BCUT2D eigenvalue weighted by Crippen LogP contribution is -2.12. The Labute approximate surface area is 122 Å². The summed E-state index contributed by atoms with van der Waals surface area (Å²) >= 11 is 8.96. The third-order valence-corrected chi connectivity index (χ3v) is 3.23. The summed E-state index contributed by atoms with van der Waals surface area (Å²) in [6.07, 6.45) is -2.57. The molecule has 0 atom stereocenters. The van der Waals surface area contributed by atoms with Crippen molar-refractivity contribution in [1.29, 1.82) is 0 Å². The van der Waals surface area contributed by atoms with Crippen LogP contribution in [0.1, 0.15) is 24.8 Å². The Balaban J connectivity index is 2.67. The van der Waals surface area contributed by atoms with Crippen molar-refractivity contribution in [2.24, 2.45) is 0 Å². The van der Waals surface area contributed by atoms with Crippen LogP contribution < -0.4 is 5.32 Å². The first kappa shape index (κ1) is 16.3. The van der Waals surface area contributed by atoms with E-state index in [9.17, 15) is 18.0 Å². The van der Waals surface area contributed by atoms with E-state index in [2.05, 4.69) is 21.2 Å². The van der Waals surface area contributed by atoms with Crippen LogP contribution in [0.4, 0.5) is 18.9 Å². The third kappa shape index (κ3) is 5.40. The van der Waals surface area contributed by atoms with Crippen LogP contribution in [0.3, 0.4) is 0 Å². The first-order valence-electron chi connectivity index (χ1n) is 5.57. The molecule has 0 radical (unpaired) electrons. The van der Waals surface area contributed by atoms with Crippen LogP contribution in [0.25, 0.3) is 0 Å². The van der Waals surface area contributed by atoms with Crippen molar-refractivity contribution in [3.8, 4) is 0 Å². The molecule has 1 N–H and O–H groups in total. The number of nitrogens with one attached hydrogen (secondary N) is 1. The molecule has 2 nitrogen and oxygen atoms in total. The Morgan fingerprint density at radius 3 is 2.53 bits per heavy atom. The smallest absolute Gasteiger partial charge is 0.325 e. The van der Waals surface area contributed by atoms with E-state index in [1.54, 1.807) is 0 Å². The van der Waals surface area contributed by atoms with E-state index in [1.165, 1.54) is 0 Å². The average Bonchev–Trinajstić information content (AvgIpc) is 2.31. The van der Waals surface area contributed by atoms with Gasteiger partial charge in [-0.25, -0.2) is 0 Å². The molecular formula is C12H12BrClF3NO. The molecule has 0 aromatic heterocycles. The van der Waals surface area contributed by atoms with E-state index in [4.69, 9.17) is 11.6 Å². The third-order valence-electron chi connectivity index (χ3n) is 2.36. The lowest BCUT2D eigenvalue weighted by molar-refractivity contribution is -0.137. The largest absolute Gasteiger partial charge is 0.416 e. The zero-order chi connectivity index (χ0) is 14.5. The van der Waals surface area contributed by atoms with Crippen molar-refractivity contribution in [3.63, 3.8) is 0 Å². The maximum atomic E-state index is 12.4. The average molecular weight is 359 g/mol. The van der Waals surface area contributed by atoms with Gasteiger partial charge in [0.15, 0.2) is 0 Å². The summed E-state index contributed by atoms with van der Waals surface area (Å²) in [6, 6.07) is 2.85. The van der Waals surface area contributed by atoms with Crippen LogP contribution >= 0.6 is 27.5 Å². The van der Waals surface area contributed by atoms with Gasteiger partial charge < -0.3 is 5.32 Å². The Kier molecular flexibility index (Phi) is 6.13. The van der Waals surface area contributed by atoms with Gasteiger partial charge in [-0.1, -0.05) is 27.5 Å². The molecule has 0 fully saturated rings. The van der Waals surface area contributed by atoms with Gasteiger partial charge in [-0.3, -0.25) is 4.79 Å². The maximum Gasteiger partial charge on any atom is 0.416 e. The van der Waals surface area contributed by atoms with E-state index in [1.807, 2.05) is 0 Å². The highest BCUT2D eigenvalue weighted by Crippen LogP contribution is 2.33. The standard InChI is InChI=1S/C12H12BrClF3NO/c13-6-2-1-3-11(19)18-10-5-4-8(7-9(10)14)12(15,16)17/h4-5,7H,1-3,6H2,(H,18,19). The fourth-order valence-electron chi connectivity index (χ4n) is 1.39. The summed E-state index contributed by atoms with van der Waals surface area (Å²) < 4.78 is 37.3. The number of anilines is 1. The van der Waals surface area contributed by atoms with Crippen molar-refractivity contribution in [2.45, 2.75) is 25.4 Å². The number of hydrogen-bond donors (Lipinski definition) is 1. The topological polar surface area (TPSA) is 29.1 Å². The van der Waals surface area contributed by atoms with E-state index in [-0.39, 0.29) is 16.6 Å². The minimum atomic E-state index is -4.44. The van der Waals surface area contributed by atoms with Gasteiger partial charge in [-0.05, 0) is 31.0 Å². The molecule has 1 rings (SSSR count). The molecule has 19 heavy (non-hydrogen) atoms. The van der Waals surface area contributed by atoms with E-state index in [0.29, 0.717) is 12.8 Å². The minimum Gasteiger partial charge on any atom is -0.325 e. The molecule has 1 aromatic rings. The molecular weight excluding hydrogens is 346 g/mol. The fourth-order valence-corrected chi connectivity index (χ4v) is 2.01. The number of hydrogen-bond acceptors (Lipinski definition) is 1. The Morgan fingerprint density at radius 1 is 1.32 bits per heavy atom. The molecule has 0 unspecified atom stereocenters. The van der Waals surface area contributed by atoms with Gasteiger partial charge in [-0.15, -0.1) is 0 Å². The summed E-state index contributed by atoms with van der Waals surface area (Å²) in [5, 5.41) is 3.18. The summed E-state index contributed by atoms with van der Waals surface area (Å²) in [5.41, 5.74) is -0.645. The second-order valence-corrected chi connectivity index (χ2v) is 5.09. The van der Waals surface area contributed by atoms with Crippen LogP contribution in [0.5, 0.6) is 0 Å². The zero-order valence-electron chi connectivity index (χ0n) is 9.86. The zero-order valence-corrected chi connectivity index (χ0v) is 12.2. The molecule has 1 amide bonds. The van der Waals surface area contributed by atoms with Gasteiger partial charge in [-0.2, -0.15) is 13.2 Å². The van der Waals surface area contributed by atoms with Crippen LogP contribution in [0.15, 0.2) is 18.2 Å². The number of halogens is 5. The number of carbonyl (C=O) groups is 1. The number of carbonyl (C=O) groups excluding carboxylic acids is 1. The minimum absolute atomic E-state index is 0.122. The monoisotopic (exact) mass is 357 g/mol. The highest BCUT2D eigenvalue weighted by Gasteiger charge is 2.30. The summed E-state index contributed by atoms with van der Waals surface area (Å²) in [4.78, 5) is 11.5. The molecule has 0 aliphatic rings. The molecule has 0 aliphatic carbocycles. The van der Waals surface area contributed by atoms with Crippen LogP contribution in [0, 0.1) is 0 Å². The van der Waals surface area contributed by atoms with E-state index >= 15 is 0 Å². The molecule has 0 aliphatic heterocycles. The van der Waals surface area contributed by atoms with Crippen LogP contribution in [0.2, 0.25) is 5.02 Å². The Bertz CT molecular complexity index is 451. The number of benzene rings is 1. The van der Waals surface area contributed by atoms with Gasteiger partial charge >= 0.3 is 6.18 Å². The van der Waals surface area contributed by atoms with E-state index < -0.39 is 11.7 Å². The first-order valence-corrected chi connectivity index (χ1v) is 7.07. The second kappa shape index (κ2) is 7.14. The molecule has 0 heterocycles. The maximum absolute atomic E-state index is 12.4. The molecule has 0 spiro atoms. The van der Waals surface area contributed by atoms with Crippen LogP contribution in [-0.4, -0.2) is 11.2 Å². The molecule has 0 saturated carbocycles. The highest BCUT2D eigenvalue weighted by molar-refractivity contribution is 9.09. The number of rotatable bonds is 5. The van der Waals surface area contributed by atoms with Gasteiger partial charge in [0.1, 0.15) is 0 Å². The molecule has 7 heteroatoms. The van der Waals surface area contributed by atoms with Crippen molar-refractivity contribution in [2.75, 3.05) is 10.6 Å². The summed E-state index contributed by atoms with van der Waals surface area (Å²) in [6.45, 7) is 0. The number of alkyl halides is 4. The van der Waals surface area contributed by atoms with Crippen molar-refractivity contribution < 1.29 is 18.0 Å². The number of amides is 1. The van der Waals surface area contributed by atoms with Gasteiger partial charge in [0.25, 0.3) is 0 Å². The second-order valence-electron chi connectivity index (χ2n) is 3.89.